The molecule has 1 aliphatic rings. The highest BCUT2D eigenvalue weighted by atomic mass is 127. The van der Waals surface area contributed by atoms with E-state index in [1.54, 1.807) is 18.4 Å². The van der Waals surface area contributed by atoms with Gasteiger partial charge in [-0.3, -0.25) is 9.89 Å². The van der Waals surface area contributed by atoms with Crippen LogP contribution >= 0.6 is 35.3 Å². The highest BCUT2D eigenvalue weighted by Gasteiger charge is 2.19. The number of benzene rings is 1. The van der Waals surface area contributed by atoms with Gasteiger partial charge in [-0.1, -0.05) is 30.3 Å². The van der Waals surface area contributed by atoms with Crippen molar-refractivity contribution in [2.75, 3.05) is 33.3 Å². The molecule has 0 saturated carbocycles. The van der Waals surface area contributed by atoms with Crippen LogP contribution in [0.5, 0.6) is 0 Å². The lowest BCUT2D eigenvalue weighted by molar-refractivity contribution is 0.00534. The van der Waals surface area contributed by atoms with Crippen LogP contribution in [0.15, 0.2) is 41.5 Å². The number of likely N-dealkylation sites (tertiary alicyclic amines) is 1. The Balaban J connectivity index is 0.00000320. The molecule has 0 atom stereocenters. The van der Waals surface area contributed by atoms with Gasteiger partial charge < -0.3 is 15.4 Å². The van der Waals surface area contributed by atoms with Crippen molar-refractivity contribution >= 4 is 41.3 Å². The van der Waals surface area contributed by atoms with Crippen molar-refractivity contribution in [3.8, 4) is 0 Å². The number of halogens is 1. The zero-order chi connectivity index (χ0) is 20.3. The lowest BCUT2D eigenvalue weighted by Gasteiger charge is -2.32. The summed E-state index contributed by atoms with van der Waals surface area (Å²) in [6.45, 7) is 7.69. The van der Waals surface area contributed by atoms with Gasteiger partial charge in [0, 0.05) is 50.9 Å². The van der Waals surface area contributed by atoms with Crippen LogP contribution in [-0.2, 0) is 17.8 Å². The first-order chi connectivity index (χ1) is 14.2. The van der Waals surface area contributed by atoms with Gasteiger partial charge in [-0.05, 0) is 31.7 Å². The molecule has 1 aliphatic heterocycles. The first kappa shape index (κ1) is 25.0. The zero-order valence-corrected chi connectivity index (χ0v) is 21.1. The fraction of sp³-hybridized carbons (Fsp3) is 0.545. The standard InChI is InChI=1S/C22H33N5OS.HI/c1-18-15-25-21(29-18)16-26-22(23-2)24-11-6-14-28-20-9-12-27(13-10-20)17-19-7-4-3-5-8-19;/h3-5,7-8,15,20H,6,9-14,16-17H2,1-2H3,(H2,23,24,26);1H. The molecule has 1 saturated heterocycles. The van der Waals surface area contributed by atoms with Gasteiger partial charge in [-0.15, -0.1) is 35.3 Å². The van der Waals surface area contributed by atoms with Gasteiger partial charge >= 0.3 is 0 Å². The first-order valence-electron chi connectivity index (χ1n) is 10.5. The molecule has 2 N–H and O–H groups in total. The normalized spacial score (nSPS) is 15.6. The van der Waals surface area contributed by atoms with Crippen LogP contribution in [0.1, 0.15) is 34.7 Å². The van der Waals surface area contributed by atoms with E-state index in [0.717, 1.165) is 63.0 Å². The van der Waals surface area contributed by atoms with E-state index in [0.29, 0.717) is 12.6 Å². The summed E-state index contributed by atoms with van der Waals surface area (Å²) in [6, 6.07) is 10.7. The summed E-state index contributed by atoms with van der Waals surface area (Å²) >= 11 is 1.71. The number of piperidine rings is 1. The molecular formula is C22H34IN5OS. The van der Waals surface area contributed by atoms with Crippen LogP contribution < -0.4 is 10.6 Å². The SMILES string of the molecule is CN=C(NCCCOC1CCN(Cc2ccccc2)CC1)NCc1ncc(C)s1.I. The zero-order valence-electron chi connectivity index (χ0n) is 18.0. The maximum absolute atomic E-state index is 6.09. The average Bonchev–Trinajstić information content (AvgIpc) is 3.17. The molecule has 2 aromatic rings. The number of ether oxygens (including phenoxy) is 1. The maximum Gasteiger partial charge on any atom is 0.191 e. The van der Waals surface area contributed by atoms with E-state index in [1.807, 2.05) is 6.20 Å². The van der Waals surface area contributed by atoms with Crippen molar-refractivity contribution in [1.29, 1.82) is 0 Å². The highest BCUT2D eigenvalue weighted by Crippen LogP contribution is 2.16. The van der Waals surface area contributed by atoms with Crippen molar-refractivity contribution in [2.45, 2.75) is 45.4 Å². The largest absolute Gasteiger partial charge is 0.378 e. The fourth-order valence-corrected chi connectivity index (χ4v) is 4.19. The van der Waals surface area contributed by atoms with E-state index in [2.05, 4.69) is 62.8 Å². The van der Waals surface area contributed by atoms with E-state index in [1.165, 1.54) is 10.4 Å². The van der Waals surface area contributed by atoms with E-state index >= 15 is 0 Å². The molecule has 1 aromatic heterocycles. The third-order valence-corrected chi connectivity index (χ3v) is 5.96. The van der Waals surface area contributed by atoms with E-state index < -0.39 is 0 Å². The Bertz CT molecular complexity index is 747. The monoisotopic (exact) mass is 543 g/mol. The van der Waals surface area contributed by atoms with Gasteiger partial charge in [0.2, 0.25) is 0 Å². The number of aromatic nitrogens is 1. The second-order valence-electron chi connectivity index (χ2n) is 7.40. The van der Waals surface area contributed by atoms with E-state index in [-0.39, 0.29) is 24.0 Å². The van der Waals surface area contributed by atoms with Gasteiger partial charge in [-0.2, -0.15) is 0 Å². The van der Waals surface area contributed by atoms with Gasteiger partial charge in [0.05, 0.1) is 12.6 Å². The second kappa shape index (κ2) is 14.0. The topological polar surface area (TPSA) is 61.8 Å². The Morgan fingerprint density at radius 2 is 2.00 bits per heavy atom. The molecule has 3 rings (SSSR count). The third-order valence-electron chi connectivity index (χ3n) is 5.05. The Morgan fingerprint density at radius 3 is 2.67 bits per heavy atom. The van der Waals surface area contributed by atoms with Gasteiger partial charge in [0.1, 0.15) is 5.01 Å². The fourth-order valence-electron chi connectivity index (χ4n) is 3.47. The second-order valence-corrected chi connectivity index (χ2v) is 8.72. The summed E-state index contributed by atoms with van der Waals surface area (Å²) in [4.78, 5) is 12.4. The number of rotatable bonds is 9. The van der Waals surface area contributed by atoms with Crippen LogP contribution in [-0.4, -0.2) is 55.2 Å². The number of aryl methyl sites for hydroxylation is 1. The molecule has 8 heteroatoms. The minimum Gasteiger partial charge on any atom is -0.378 e. The van der Waals surface area contributed by atoms with E-state index in [9.17, 15) is 0 Å². The van der Waals surface area contributed by atoms with Crippen LogP contribution in [0.2, 0.25) is 0 Å². The number of hydrogen-bond acceptors (Lipinski definition) is 5. The number of thiazole rings is 1. The molecule has 0 bridgehead atoms. The molecule has 0 amide bonds. The molecule has 1 aromatic carbocycles. The molecule has 166 valence electrons. The van der Waals surface area contributed by atoms with Crippen LogP contribution in [0.25, 0.3) is 0 Å². The Morgan fingerprint density at radius 1 is 1.23 bits per heavy atom. The maximum atomic E-state index is 6.09. The summed E-state index contributed by atoms with van der Waals surface area (Å²) in [5.41, 5.74) is 1.39. The molecule has 0 aliphatic carbocycles. The van der Waals surface area contributed by atoms with Crippen molar-refractivity contribution in [2.24, 2.45) is 4.99 Å². The van der Waals surface area contributed by atoms with Crippen LogP contribution in [0.4, 0.5) is 0 Å². The molecule has 0 unspecified atom stereocenters. The number of nitrogens with zero attached hydrogens (tertiary/aromatic N) is 3. The molecule has 6 nitrogen and oxygen atoms in total. The summed E-state index contributed by atoms with van der Waals surface area (Å²) < 4.78 is 6.09. The molecule has 30 heavy (non-hydrogen) atoms. The lowest BCUT2D eigenvalue weighted by Crippen LogP contribution is -2.38. The predicted octanol–water partition coefficient (Wildman–Crippen LogP) is 3.81. The quantitative estimate of drug-likeness (QED) is 0.218. The third kappa shape index (κ3) is 8.87. The van der Waals surface area contributed by atoms with Crippen LogP contribution in [0, 0.1) is 6.92 Å². The van der Waals surface area contributed by atoms with Crippen LogP contribution in [0.3, 0.4) is 0 Å². The summed E-state index contributed by atoms with van der Waals surface area (Å²) in [6.07, 6.45) is 5.52. The lowest BCUT2D eigenvalue weighted by atomic mass is 10.1. The molecule has 1 fully saturated rings. The first-order valence-corrected chi connectivity index (χ1v) is 11.3. The smallest absolute Gasteiger partial charge is 0.191 e. The van der Waals surface area contributed by atoms with E-state index in [4.69, 9.17) is 4.74 Å². The number of nitrogens with one attached hydrogen (secondary N) is 2. The Kier molecular flexibility index (Phi) is 11.6. The summed E-state index contributed by atoms with van der Waals surface area (Å²) in [5.74, 6) is 0.812. The van der Waals surface area contributed by atoms with Gasteiger partial charge in [0.25, 0.3) is 0 Å². The molecule has 0 spiro atoms. The highest BCUT2D eigenvalue weighted by molar-refractivity contribution is 14.0. The predicted molar refractivity (Wildman–Crippen MR) is 136 cm³/mol. The Hall–Kier alpha value is -1.23. The molecule has 0 radical (unpaired) electrons. The summed E-state index contributed by atoms with van der Waals surface area (Å²) in [5, 5.41) is 7.73. The average molecular weight is 544 g/mol. The van der Waals surface area contributed by atoms with Gasteiger partial charge in [-0.25, -0.2) is 4.98 Å². The Labute approximate surface area is 201 Å². The number of aliphatic imine (C=N–C) groups is 1. The molecular weight excluding hydrogens is 509 g/mol. The van der Waals surface area contributed by atoms with Gasteiger partial charge in [0.15, 0.2) is 5.96 Å². The summed E-state index contributed by atoms with van der Waals surface area (Å²) in [7, 11) is 1.79. The van der Waals surface area contributed by atoms with Crippen molar-refractivity contribution in [3.05, 3.63) is 52.0 Å². The van der Waals surface area contributed by atoms with Crippen molar-refractivity contribution in [1.82, 2.24) is 20.5 Å². The minimum atomic E-state index is 0. The molecule has 2 heterocycles. The minimum absolute atomic E-state index is 0. The van der Waals surface area contributed by atoms with Crippen molar-refractivity contribution < 1.29 is 4.74 Å². The number of guanidine groups is 1. The number of hydrogen-bond donors (Lipinski definition) is 2. The van der Waals surface area contributed by atoms with Crippen molar-refractivity contribution in [3.63, 3.8) is 0 Å².